The van der Waals surface area contributed by atoms with E-state index in [2.05, 4.69) is 5.32 Å². The first-order valence-electron chi connectivity index (χ1n) is 9.11. The van der Waals surface area contributed by atoms with Crippen LogP contribution in [-0.2, 0) is 11.4 Å². The van der Waals surface area contributed by atoms with Gasteiger partial charge < -0.3 is 10.1 Å². The smallest absolute Gasteiger partial charge is 0.266 e. The van der Waals surface area contributed by atoms with Crippen LogP contribution in [0.5, 0.6) is 5.75 Å². The van der Waals surface area contributed by atoms with Gasteiger partial charge in [-0.3, -0.25) is 4.79 Å². The summed E-state index contributed by atoms with van der Waals surface area (Å²) in [5, 5.41) is 13.2. The number of anilines is 1. The van der Waals surface area contributed by atoms with Gasteiger partial charge in [-0.1, -0.05) is 53.0 Å². The maximum atomic E-state index is 12.5. The number of nitrogens with zero attached hydrogens (tertiary/aromatic N) is 1. The van der Waals surface area contributed by atoms with Crippen molar-refractivity contribution in [2.45, 2.75) is 13.5 Å². The van der Waals surface area contributed by atoms with Crippen LogP contribution in [0, 0.1) is 18.3 Å². The van der Waals surface area contributed by atoms with Crippen LogP contribution in [0.3, 0.4) is 0 Å². The second kappa shape index (κ2) is 9.98. The minimum absolute atomic E-state index is 0.0765. The summed E-state index contributed by atoms with van der Waals surface area (Å²) in [6.45, 7) is 2.37. The minimum Gasteiger partial charge on any atom is -0.488 e. The number of ether oxygens (including phenoxy) is 1. The van der Waals surface area contributed by atoms with Gasteiger partial charge in [0.25, 0.3) is 5.91 Å². The summed E-state index contributed by atoms with van der Waals surface area (Å²) in [4.78, 5) is 12.5. The van der Waals surface area contributed by atoms with E-state index in [1.807, 2.05) is 37.3 Å². The molecule has 30 heavy (non-hydrogen) atoms. The van der Waals surface area contributed by atoms with Crippen molar-refractivity contribution in [1.29, 1.82) is 5.26 Å². The lowest BCUT2D eigenvalue weighted by Crippen LogP contribution is -2.13. The third-order valence-corrected chi connectivity index (χ3v) is 4.74. The van der Waals surface area contributed by atoms with Crippen molar-refractivity contribution in [3.05, 3.63) is 99.0 Å². The molecule has 0 aliphatic heterocycles. The van der Waals surface area contributed by atoms with Crippen molar-refractivity contribution in [2.75, 3.05) is 5.32 Å². The molecule has 3 aromatic carbocycles. The SMILES string of the molecule is Cc1ccc(COc2ccc(Cl)cc2/C=C(\C#N)C(=O)Nc2ccc(Cl)cc2)cc1. The van der Waals surface area contributed by atoms with Gasteiger partial charge in [0.2, 0.25) is 0 Å². The van der Waals surface area contributed by atoms with Crippen molar-refractivity contribution in [1.82, 2.24) is 0 Å². The van der Waals surface area contributed by atoms with Crippen LogP contribution < -0.4 is 10.1 Å². The van der Waals surface area contributed by atoms with Gasteiger partial charge in [0.1, 0.15) is 24.0 Å². The largest absolute Gasteiger partial charge is 0.488 e. The Kier molecular flexibility index (Phi) is 7.13. The lowest BCUT2D eigenvalue weighted by molar-refractivity contribution is -0.112. The van der Waals surface area contributed by atoms with E-state index in [1.165, 1.54) is 11.6 Å². The molecule has 4 nitrogen and oxygen atoms in total. The normalized spacial score (nSPS) is 10.9. The van der Waals surface area contributed by atoms with E-state index in [1.54, 1.807) is 42.5 Å². The van der Waals surface area contributed by atoms with Crippen LogP contribution >= 0.6 is 23.2 Å². The van der Waals surface area contributed by atoms with E-state index in [0.717, 1.165) is 5.56 Å². The molecule has 1 N–H and O–H groups in total. The predicted octanol–water partition coefficient (Wildman–Crippen LogP) is 6.43. The molecule has 3 aromatic rings. The fraction of sp³-hybridized carbons (Fsp3) is 0.0833. The molecular formula is C24H18Cl2N2O2. The molecule has 0 heterocycles. The Morgan fingerprint density at radius 1 is 1.03 bits per heavy atom. The van der Waals surface area contributed by atoms with Gasteiger partial charge in [-0.25, -0.2) is 0 Å². The molecule has 0 bridgehead atoms. The van der Waals surface area contributed by atoms with Crippen LogP contribution in [0.4, 0.5) is 5.69 Å². The molecule has 0 saturated heterocycles. The lowest BCUT2D eigenvalue weighted by Gasteiger charge is -2.11. The first-order chi connectivity index (χ1) is 14.4. The molecule has 3 rings (SSSR count). The Labute approximate surface area is 185 Å². The minimum atomic E-state index is -0.538. The number of amides is 1. The summed E-state index contributed by atoms with van der Waals surface area (Å²) in [5.41, 5.74) is 3.17. The van der Waals surface area contributed by atoms with Crippen molar-refractivity contribution >= 4 is 40.9 Å². The van der Waals surface area contributed by atoms with E-state index in [4.69, 9.17) is 27.9 Å². The van der Waals surface area contributed by atoms with Gasteiger partial charge in [-0.05, 0) is 61.0 Å². The van der Waals surface area contributed by atoms with E-state index in [0.29, 0.717) is 33.7 Å². The zero-order valence-electron chi connectivity index (χ0n) is 16.2. The van der Waals surface area contributed by atoms with Crippen LogP contribution in [0.15, 0.2) is 72.3 Å². The average Bonchev–Trinajstić information content (AvgIpc) is 2.74. The van der Waals surface area contributed by atoms with Crippen molar-refractivity contribution in [3.8, 4) is 11.8 Å². The Morgan fingerprint density at radius 2 is 1.70 bits per heavy atom. The number of hydrogen-bond acceptors (Lipinski definition) is 3. The van der Waals surface area contributed by atoms with E-state index < -0.39 is 5.91 Å². The Bertz CT molecular complexity index is 1120. The summed E-state index contributed by atoms with van der Waals surface area (Å²) in [7, 11) is 0. The number of carbonyl (C=O) groups is 1. The Hall–Kier alpha value is -3.26. The lowest BCUT2D eigenvalue weighted by atomic mass is 10.1. The molecule has 1 amide bonds. The zero-order valence-corrected chi connectivity index (χ0v) is 17.7. The van der Waals surface area contributed by atoms with Gasteiger partial charge in [0.15, 0.2) is 0 Å². The molecule has 6 heteroatoms. The van der Waals surface area contributed by atoms with E-state index in [-0.39, 0.29) is 5.57 Å². The van der Waals surface area contributed by atoms with Gasteiger partial charge in [0, 0.05) is 21.3 Å². The number of benzene rings is 3. The van der Waals surface area contributed by atoms with Gasteiger partial charge in [-0.2, -0.15) is 5.26 Å². The molecule has 0 fully saturated rings. The topological polar surface area (TPSA) is 62.1 Å². The van der Waals surface area contributed by atoms with E-state index >= 15 is 0 Å². The van der Waals surface area contributed by atoms with Crippen molar-refractivity contribution in [2.24, 2.45) is 0 Å². The number of halogens is 2. The van der Waals surface area contributed by atoms with Crippen LogP contribution in [0.1, 0.15) is 16.7 Å². The molecule has 0 atom stereocenters. The van der Waals surface area contributed by atoms with Crippen molar-refractivity contribution < 1.29 is 9.53 Å². The Balaban J connectivity index is 1.81. The summed E-state index contributed by atoms with van der Waals surface area (Å²) in [6.07, 6.45) is 1.46. The predicted molar refractivity (Wildman–Crippen MR) is 121 cm³/mol. The quantitative estimate of drug-likeness (QED) is 0.357. The fourth-order valence-electron chi connectivity index (χ4n) is 2.64. The van der Waals surface area contributed by atoms with Crippen LogP contribution in [0.2, 0.25) is 10.0 Å². The molecule has 0 spiro atoms. The summed E-state index contributed by atoms with van der Waals surface area (Å²) >= 11 is 12.0. The first-order valence-corrected chi connectivity index (χ1v) is 9.87. The molecule has 0 aromatic heterocycles. The number of hydrogen-bond donors (Lipinski definition) is 1. The van der Waals surface area contributed by atoms with Crippen LogP contribution in [-0.4, -0.2) is 5.91 Å². The number of nitrogens with one attached hydrogen (secondary N) is 1. The van der Waals surface area contributed by atoms with Crippen LogP contribution in [0.25, 0.3) is 6.08 Å². The number of carbonyl (C=O) groups excluding carboxylic acids is 1. The summed E-state index contributed by atoms with van der Waals surface area (Å²) in [5.74, 6) is -0.0173. The number of aryl methyl sites for hydroxylation is 1. The van der Waals surface area contributed by atoms with Gasteiger partial charge in [0.05, 0.1) is 0 Å². The summed E-state index contributed by atoms with van der Waals surface area (Å²) in [6, 6.07) is 21.6. The zero-order chi connectivity index (χ0) is 21.5. The number of rotatable bonds is 6. The third kappa shape index (κ3) is 5.87. The van der Waals surface area contributed by atoms with Gasteiger partial charge in [-0.15, -0.1) is 0 Å². The molecule has 0 saturated carbocycles. The van der Waals surface area contributed by atoms with E-state index in [9.17, 15) is 10.1 Å². The highest BCUT2D eigenvalue weighted by molar-refractivity contribution is 6.31. The molecular weight excluding hydrogens is 419 g/mol. The maximum Gasteiger partial charge on any atom is 0.266 e. The molecule has 0 unspecified atom stereocenters. The first kappa shape index (κ1) is 21.4. The second-order valence-electron chi connectivity index (χ2n) is 6.59. The average molecular weight is 437 g/mol. The molecule has 0 aliphatic carbocycles. The highest BCUT2D eigenvalue weighted by Crippen LogP contribution is 2.26. The standard InChI is InChI=1S/C24H18Cl2N2O2/c1-16-2-4-17(5-3-16)15-30-23-11-8-21(26)13-18(23)12-19(14-27)24(29)28-22-9-6-20(25)7-10-22/h2-13H,15H2,1H3,(H,28,29)/b19-12+. The fourth-order valence-corrected chi connectivity index (χ4v) is 2.95. The highest BCUT2D eigenvalue weighted by atomic mass is 35.5. The monoisotopic (exact) mass is 436 g/mol. The third-order valence-electron chi connectivity index (χ3n) is 4.25. The molecule has 0 aliphatic rings. The Morgan fingerprint density at radius 3 is 2.37 bits per heavy atom. The van der Waals surface area contributed by atoms with Gasteiger partial charge >= 0.3 is 0 Å². The second-order valence-corrected chi connectivity index (χ2v) is 7.46. The molecule has 0 radical (unpaired) electrons. The maximum absolute atomic E-state index is 12.5. The highest BCUT2D eigenvalue weighted by Gasteiger charge is 2.12. The molecule has 150 valence electrons. The summed E-state index contributed by atoms with van der Waals surface area (Å²) < 4.78 is 5.92. The van der Waals surface area contributed by atoms with Crippen molar-refractivity contribution in [3.63, 3.8) is 0 Å². The number of nitriles is 1.